The van der Waals surface area contributed by atoms with Gasteiger partial charge in [0.25, 0.3) is 0 Å². The molecule has 0 saturated heterocycles. The summed E-state index contributed by atoms with van der Waals surface area (Å²) in [6.07, 6.45) is 0.939. The summed E-state index contributed by atoms with van der Waals surface area (Å²) in [5.74, 6) is 0. The Labute approximate surface area is 75.3 Å². The van der Waals surface area contributed by atoms with E-state index in [0.717, 1.165) is 10.1 Å². The van der Waals surface area contributed by atoms with Crippen LogP contribution in [0.2, 0.25) is 0 Å². The standard InChI is InChI=1S/C4H5I2NO/c1-4(6)2-3(5)7-8-4/h2H2,1H3. The van der Waals surface area contributed by atoms with Crippen molar-refractivity contribution in [1.82, 2.24) is 0 Å². The summed E-state index contributed by atoms with van der Waals surface area (Å²) in [6.45, 7) is 2.02. The quantitative estimate of drug-likeness (QED) is 0.491. The SMILES string of the molecule is CC1(I)CC(I)=NO1. The fraction of sp³-hybridized carbons (Fsp3) is 0.750. The summed E-state index contributed by atoms with van der Waals surface area (Å²) in [5, 5.41) is 3.78. The molecule has 1 atom stereocenters. The third-order valence-electron chi connectivity index (χ3n) is 0.797. The van der Waals surface area contributed by atoms with Crippen LogP contribution in [-0.2, 0) is 4.84 Å². The summed E-state index contributed by atoms with van der Waals surface area (Å²) >= 11 is 4.42. The highest BCUT2D eigenvalue weighted by Crippen LogP contribution is 2.31. The molecule has 4 heteroatoms. The molecule has 1 unspecified atom stereocenters. The molecule has 0 aliphatic carbocycles. The van der Waals surface area contributed by atoms with Crippen LogP contribution < -0.4 is 0 Å². The highest BCUT2D eigenvalue weighted by molar-refractivity contribution is 14.1. The highest BCUT2D eigenvalue weighted by atomic mass is 127. The van der Waals surface area contributed by atoms with Gasteiger partial charge in [-0.25, -0.2) is 0 Å². The summed E-state index contributed by atoms with van der Waals surface area (Å²) < 4.78 is 0.980. The predicted molar refractivity (Wildman–Crippen MR) is 49.6 cm³/mol. The van der Waals surface area contributed by atoms with E-state index in [4.69, 9.17) is 4.84 Å². The Morgan fingerprint density at radius 2 is 2.50 bits per heavy atom. The Morgan fingerprint density at radius 1 is 1.88 bits per heavy atom. The molecule has 1 heterocycles. The molecule has 0 amide bonds. The van der Waals surface area contributed by atoms with E-state index in [1.165, 1.54) is 0 Å². The van der Waals surface area contributed by atoms with Gasteiger partial charge in [0.15, 0.2) is 3.61 Å². The van der Waals surface area contributed by atoms with Crippen LogP contribution in [0.3, 0.4) is 0 Å². The van der Waals surface area contributed by atoms with Crippen molar-refractivity contribution in [3.8, 4) is 0 Å². The lowest BCUT2D eigenvalue weighted by Gasteiger charge is -2.09. The second kappa shape index (κ2) is 2.28. The Balaban J connectivity index is 2.55. The third kappa shape index (κ3) is 1.71. The van der Waals surface area contributed by atoms with Gasteiger partial charge in [-0.05, 0) is 52.1 Å². The summed E-state index contributed by atoms with van der Waals surface area (Å²) in [4.78, 5) is 5.02. The van der Waals surface area contributed by atoms with Gasteiger partial charge in [0.2, 0.25) is 0 Å². The first-order chi connectivity index (χ1) is 3.60. The first-order valence-corrected chi connectivity index (χ1v) is 4.35. The molecule has 0 fully saturated rings. The molecule has 0 radical (unpaired) electrons. The van der Waals surface area contributed by atoms with Gasteiger partial charge in [-0.1, -0.05) is 5.16 Å². The van der Waals surface area contributed by atoms with E-state index in [1.807, 2.05) is 6.92 Å². The minimum Gasteiger partial charge on any atom is -0.378 e. The molecule has 1 aliphatic heterocycles. The largest absolute Gasteiger partial charge is 0.378 e. The third-order valence-corrected chi connectivity index (χ3v) is 1.95. The van der Waals surface area contributed by atoms with Crippen LogP contribution >= 0.6 is 45.2 Å². The van der Waals surface area contributed by atoms with Crippen LogP contribution in [0.5, 0.6) is 0 Å². The van der Waals surface area contributed by atoms with Gasteiger partial charge in [-0.15, -0.1) is 0 Å². The van der Waals surface area contributed by atoms with Crippen molar-refractivity contribution in [3.63, 3.8) is 0 Å². The summed E-state index contributed by atoms with van der Waals surface area (Å²) in [6, 6.07) is 0. The Kier molecular flexibility index (Phi) is 2.01. The number of alkyl halides is 1. The van der Waals surface area contributed by atoms with Crippen molar-refractivity contribution >= 4 is 48.9 Å². The van der Waals surface area contributed by atoms with Gasteiger partial charge in [-0.2, -0.15) is 0 Å². The number of oxime groups is 1. The van der Waals surface area contributed by atoms with E-state index in [1.54, 1.807) is 0 Å². The smallest absolute Gasteiger partial charge is 0.190 e. The molecule has 2 nitrogen and oxygen atoms in total. The van der Waals surface area contributed by atoms with Crippen LogP contribution in [0.15, 0.2) is 5.16 Å². The van der Waals surface area contributed by atoms with E-state index < -0.39 is 0 Å². The second-order valence-electron chi connectivity index (χ2n) is 1.84. The minimum absolute atomic E-state index is 0.0751. The monoisotopic (exact) mass is 337 g/mol. The number of hydrogen-bond acceptors (Lipinski definition) is 2. The van der Waals surface area contributed by atoms with Crippen molar-refractivity contribution in [2.75, 3.05) is 0 Å². The number of nitrogens with zero attached hydrogens (tertiary/aromatic N) is 1. The lowest BCUT2D eigenvalue weighted by Crippen LogP contribution is -2.12. The van der Waals surface area contributed by atoms with Gasteiger partial charge >= 0.3 is 0 Å². The zero-order valence-corrected chi connectivity index (χ0v) is 8.63. The average molecular weight is 337 g/mol. The van der Waals surface area contributed by atoms with Gasteiger partial charge in [-0.3, -0.25) is 0 Å². The lowest BCUT2D eigenvalue weighted by atomic mass is 10.3. The number of halogens is 2. The Morgan fingerprint density at radius 3 is 2.62 bits per heavy atom. The first-order valence-electron chi connectivity index (χ1n) is 2.20. The van der Waals surface area contributed by atoms with E-state index in [0.29, 0.717) is 0 Å². The number of rotatable bonds is 0. The van der Waals surface area contributed by atoms with Crippen molar-refractivity contribution in [3.05, 3.63) is 0 Å². The van der Waals surface area contributed by atoms with Gasteiger partial charge < -0.3 is 4.84 Å². The first kappa shape index (κ1) is 7.04. The topological polar surface area (TPSA) is 21.6 Å². The zero-order chi connectivity index (χ0) is 6.20. The van der Waals surface area contributed by atoms with Gasteiger partial charge in [0.05, 0.1) is 6.42 Å². The fourth-order valence-corrected chi connectivity index (χ4v) is 2.49. The van der Waals surface area contributed by atoms with Crippen molar-refractivity contribution < 1.29 is 4.84 Å². The molecule has 0 aromatic heterocycles. The normalized spacial score (nSPS) is 36.6. The lowest BCUT2D eigenvalue weighted by molar-refractivity contribution is 0.0856. The molecule has 0 aromatic carbocycles. The van der Waals surface area contributed by atoms with Crippen LogP contribution in [0.1, 0.15) is 13.3 Å². The molecular weight excluding hydrogens is 332 g/mol. The molecule has 0 N–H and O–H groups in total. The number of hydrogen-bond donors (Lipinski definition) is 0. The van der Waals surface area contributed by atoms with Crippen LogP contribution in [0.25, 0.3) is 0 Å². The maximum atomic E-state index is 5.02. The van der Waals surface area contributed by atoms with Crippen LogP contribution in [0.4, 0.5) is 0 Å². The van der Waals surface area contributed by atoms with Gasteiger partial charge in [0, 0.05) is 0 Å². The molecule has 1 aliphatic rings. The molecule has 8 heavy (non-hydrogen) atoms. The molecule has 0 saturated carbocycles. The maximum absolute atomic E-state index is 5.02. The molecule has 0 aromatic rings. The van der Waals surface area contributed by atoms with Gasteiger partial charge in [0.1, 0.15) is 3.72 Å². The fourth-order valence-electron chi connectivity index (χ4n) is 0.470. The van der Waals surface area contributed by atoms with E-state index in [9.17, 15) is 0 Å². The summed E-state index contributed by atoms with van der Waals surface area (Å²) in [7, 11) is 0. The van der Waals surface area contributed by atoms with Crippen LogP contribution in [-0.4, -0.2) is 7.33 Å². The van der Waals surface area contributed by atoms with Crippen molar-refractivity contribution in [2.45, 2.75) is 17.0 Å². The van der Waals surface area contributed by atoms with Crippen molar-refractivity contribution in [2.24, 2.45) is 5.16 Å². The van der Waals surface area contributed by atoms with Crippen LogP contribution in [0, 0.1) is 0 Å². The predicted octanol–water partition coefficient (Wildman–Crippen LogP) is 2.31. The summed E-state index contributed by atoms with van der Waals surface area (Å²) in [5.41, 5.74) is 0. The Hall–Kier alpha value is 0.930. The zero-order valence-electron chi connectivity index (χ0n) is 4.32. The molecule has 0 bridgehead atoms. The second-order valence-corrected chi connectivity index (χ2v) is 5.36. The molecule has 46 valence electrons. The Bertz CT molecular complexity index is 132. The maximum Gasteiger partial charge on any atom is 0.190 e. The highest BCUT2D eigenvalue weighted by Gasteiger charge is 2.29. The molecule has 1 rings (SSSR count). The molecule has 0 spiro atoms. The van der Waals surface area contributed by atoms with Crippen molar-refractivity contribution in [1.29, 1.82) is 0 Å². The van der Waals surface area contributed by atoms with E-state index in [2.05, 4.69) is 50.3 Å². The molecular formula is C4H5I2NO. The van der Waals surface area contributed by atoms with E-state index in [-0.39, 0.29) is 3.61 Å². The minimum atomic E-state index is -0.0751. The van der Waals surface area contributed by atoms with E-state index >= 15 is 0 Å². The average Bonchev–Trinajstić information content (AvgIpc) is 1.82.